The Morgan fingerprint density at radius 1 is 1.00 bits per heavy atom. The molecule has 4 aromatic rings. The van der Waals surface area contributed by atoms with Gasteiger partial charge in [-0.3, -0.25) is 9.40 Å². The van der Waals surface area contributed by atoms with E-state index in [1.165, 1.54) is 17.1 Å². The summed E-state index contributed by atoms with van der Waals surface area (Å²) in [6, 6.07) is 11.3. The van der Waals surface area contributed by atoms with E-state index in [-0.39, 0.29) is 10.7 Å². The summed E-state index contributed by atoms with van der Waals surface area (Å²) in [6.07, 6.45) is 3.47. The first-order valence-electron chi connectivity index (χ1n) is 10.6. The number of hydrogen-bond acceptors (Lipinski definition) is 8. The van der Waals surface area contributed by atoms with E-state index in [1.54, 1.807) is 27.3 Å². The third-order valence-corrected chi connectivity index (χ3v) is 7.09. The zero-order chi connectivity index (χ0) is 23.9. The molecule has 0 spiro atoms. The minimum absolute atomic E-state index is 0.0525. The molecule has 0 fully saturated rings. The molecule has 0 amide bonds. The summed E-state index contributed by atoms with van der Waals surface area (Å²) in [7, 11) is 0.978. The maximum atomic E-state index is 13.1. The second-order valence-electron chi connectivity index (χ2n) is 7.99. The lowest BCUT2D eigenvalue weighted by atomic mass is 9.99. The number of fused-ring (bicyclic) bond motifs is 2. The standard InChI is InChI=1S/C23H24N6O4S/c1-28-14-17(12-24-28)34(30,31)27-22-23(26-19-7-5-4-6-18(19)25-22)29-9-8-15-10-20(32-2)21(33-3)11-16(15)13-29/h4-7,10-12,14H,8-9,13H2,1-3H3,(H,25,27). The van der Waals surface area contributed by atoms with E-state index in [0.717, 1.165) is 17.5 Å². The third-order valence-electron chi connectivity index (χ3n) is 5.79. The van der Waals surface area contributed by atoms with Gasteiger partial charge in [-0.25, -0.2) is 18.4 Å². The highest BCUT2D eigenvalue weighted by atomic mass is 32.2. The van der Waals surface area contributed by atoms with Gasteiger partial charge in [-0.05, 0) is 41.8 Å². The molecule has 0 saturated carbocycles. The molecule has 0 saturated heterocycles. The van der Waals surface area contributed by atoms with E-state index < -0.39 is 10.0 Å². The predicted octanol–water partition coefficient (Wildman–Crippen LogP) is 2.74. The summed E-state index contributed by atoms with van der Waals surface area (Å²) in [5.41, 5.74) is 3.49. The second-order valence-corrected chi connectivity index (χ2v) is 9.67. The Hall–Kier alpha value is -3.86. The van der Waals surface area contributed by atoms with Crippen LogP contribution in [0.5, 0.6) is 11.5 Å². The number of hydrogen-bond donors (Lipinski definition) is 1. The van der Waals surface area contributed by atoms with Gasteiger partial charge in [0.05, 0.1) is 31.4 Å². The fraction of sp³-hybridized carbons (Fsp3) is 0.261. The summed E-state index contributed by atoms with van der Waals surface area (Å²) < 4.78 is 41.1. The van der Waals surface area contributed by atoms with Crippen molar-refractivity contribution in [2.45, 2.75) is 17.9 Å². The first-order chi connectivity index (χ1) is 16.4. The van der Waals surface area contributed by atoms with Gasteiger partial charge >= 0.3 is 0 Å². The van der Waals surface area contributed by atoms with E-state index in [2.05, 4.69) is 14.8 Å². The SMILES string of the molecule is COc1cc2c(cc1OC)CN(c1nc3ccccc3nc1NS(=O)(=O)c1cnn(C)c1)CC2. The van der Waals surface area contributed by atoms with Gasteiger partial charge in [-0.15, -0.1) is 0 Å². The lowest BCUT2D eigenvalue weighted by Gasteiger charge is -2.31. The smallest absolute Gasteiger partial charge is 0.266 e. The molecule has 2 aromatic carbocycles. The lowest BCUT2D eigenvalue weighted by Crippen LogP contribution is -2.32. The molecule has 1 N–H and O–H groups in total. The van der Waals surface area contributed by atoms with Crippen molar-refractivity contribution in [3.8, 4) is 11.5 Å². The fourth-order valence-electron chi connectivity index (χ4n) is 4.07. The van der Waals surface area contributed by atoms with Crippen LogP contribution in [0, 0.1) is 0 Å². The number of sulfonamides is 1. The van der Waals surface area contributed by atoms with Crippen LogP contribution in [0.15, 0.2) is 53.7 Å². The highest BCUT2D eigenvalue weighted by Crippen LogP contribution is 2.36. The van der Waals surface area contributed by atoms with Crippen molar-refractivity contribution in [1.82, 2.24) is 19.7 Å². The largest absolute Gasteiger partial charge is 0.493 e. The van der Waals surface area contributed by atoms with Gasteiger partial charge in [0.1, 0.15) is 4.90 Å². The molecule has 5 rings (SSSR count). The Morgan fingerprint density at radius 2 is 1.68 bits per heavy atom. The van der Waals surface area contributed by atoms with Crippen molar-refractivity contribution in [2.75, 3.05) is 30.4 Å². The molecule has 0 atom stereocenters. The van der Waals surface area contributed by atoms with E-state index in [4.69, 9.17) is 14.5 Å². The van der Waals surface area contributed by atoms with Crippen LogP contribution >= 0.6 is 0 Å². The molecule has 1 aliphatic heterocycles. The predicted molar refractivity (Wildman–Crippen MR) is 128 cm³/mol. The van der Waals surface area contributed by atoms with Gasteiger partial charge in [0.25, 0.3) is 10.0 Å². The third kappa shape index (κ3) is 3.98. The average Bonchev–Trinajstić information content (AvgIpc) is 3.29. The summed E-state index contributed by atoms with van der Waals surface area (Å²) in [4.78, 5) is 11.5. The number of rotatable bonds is 6. The molecule has 3 heterocycles. The average molecular weight is 481 g/mol. The molecule has 0 bridgehead atoms. The minimum Gasteiger partial charge on any atom is -0.493 e. The van der Waals surface area contributed by atoms with E-state index in [9.17, 15) is 8.42 Å². The zero-order valence-corrected chi connectivity index (χ0v) is 19.8. The number of aryl methyl sites for hydroxylation is 1. The van der Waals surface area contributed by atoms with Crippen molar-refractivity contribution in [2.24, 2.45) is 7.05 Å². The van der Waals surface area contributed by atoms with E-state index in [0.29, 0.717) is 41.4 Å². The molecule has 176 valence electrons. The highest BCUT2D eigenvalue weighted by Gasteiger charge is 2.26. The lowest BCUT2D eigenvalue weighted by molar-refractivity contribution is 0.353. The number of aromatic nitrogens is 4. The zero-order valence-electron chi connectivity index (χ0n) is 19.0. The van der Waals surface area contributed by atoms with Crippen LogP contribution in [0.1, 0.15) is 11.1 Å². The van der Waals surface area contributed by atoms with Gasteiger partial charge in [-0.2, -0.15) is 5.10 Å². The van der Waals surface area contributed by atoms with E-state index in [1.807, 2.05) is 35.2 Å². The van der Waals surface area contributed by atoms with Crippen molar-refractivity contribution < 1.29 is 17.9 Å². The monoisotopic (exact) mass is 480 g/mol. The van der Waals surface area contributed by atoms with Gasteiger partial charge in [0.2, 0.25) is 0 Å². The van der Waals surface area contributed by atoms with Crippen LogP contribution in [0.4, 0.5) is 11.6 Å². The summed E-state index contributed by atoms with van der Waals surface area (Å²) in [5, 5.41) is 3.97. The Labute approximate surface area is 197 Å². The van der Waals surface area contributed by atoms with Crippen LogP contribution in [-0.4, -0.2) is 48.9 Å². The Kier molecular flexibility index (Phi) is 5.48. The van der Waals surface area contributed by atoms with Crippen molar-refractivity contribution >= 4 is 32.7 Å². The van der Waals surface area contributed by atoms with Crippen molar-refractivity contribution in [3.05, 3.63) is 59.9 Å². The van der Waals surface area contributed by atoms with Crippen LogP contribution in [0.2, 0.25) is 0 Å². The molecule has 2 aromatic heterocycles. The molecule has 34 heavy (non-hydrogen) atoms. The maximum absolute atomic E-state index is 13.1. The minimum atomic E-state index is -3.90. The Morgan fingerprint density at radius 3 is 2.32 bits per heavy atom. The summed E-state index contributed by atoms with van der Waals surface area (Å²) in [5.74, 6) is 1.97. The topological polar surface area (TPSA) is 111 Å². The quantitative estimate of drug-likeness (QED) is 0.448. The molecule has 10 nitrogen and oxygen atoms in total. The Balaban J connectivity index is 1.56. The first kappa shape index (κ1) is 22.0. The normalized spacial score (nSPS) is 13.6. The Bertz CT molecular complexity index is 1480. The number of methoxy groups -OCH3 is 2. The molecule has 0 radical (unpaired) electrons. The fourth-order valence-corrected chi connectivity index (χ4v) is 5.05. The summed E-state index contributed by atoms with van der Waals surface area (Å²) in [6.45, 7) is 1.15. The van der Waals surface area contributed by atoms with Crippen molar-refractivity contribution in [1.29, 1.82) is 0 Å². The molecule has 0 aliphatic carbocycles. The molecular weight excluding hydrogens is 456 g/mol. The van der Waals surface area contributed by atoms with Gasteiger partial charge in [0, 0.05) is 26.3 Å². The number of ether oxygens (including phenoxy) is 2. The van der Waals surface area contributed by atoms with Gasteiger partial charge in [0.15, 0.2) is 23.1 Å². The van der Waals surface area contributed by atoms with E-state index >= 15 is 0 Å². The van der Waals surface area contributed by atoms with Gasteiger partial charge in [-0.1, -0.05) is 12.1 Å². The molecular formula is C23H24N6O4S. The number of nitrogens with one attached hydrogen (secondary N) is 1. The number of nitrogens with zero attached hydrogens (tertiary/aromatic N) is 5. The van der Waals surface area contributed by atoms with Crippen LogP contribution < -0.4 is 19.1 Å². The van der Waals surface area contributed by atoms with Crippen LogP contribution in [-0.2, 0) is 30.0 Å². The van der Waals surface area contributed by atoms with Gasteiger partial charge < -0.3 is 14.4 Å². The number of benzene rings is 2. The number of para-hydroxylation sites is 2. The molecule has 1 aliphatic rings. The molecule has 0 unspecified atom stereocenters. The highest BCUT2D eigenvalue weighted by molar-refractivity contribution is 7.92. The van der Waals surface area contributed by atoms with Crippen LogP contribution in [0.25, 0.3) is 11.0 Å². The second kappa shape index (κ2) is 8.49. The first-order valence-corrected chi connectivity index (χ1v) is 12.1. The van der Waals surface area contributed by atoms with Crippen molar-refractivity contribution in [3.63, 3.8) is 0 Å². The number of anilines is 2. The maximum Gasteiger partial charge on any atom is 0.266 e. The van der Waals surface area contributed by atoms with Crippen LogP contribution in [0.3, 0.4) is 0 Å². The summed E-state index contributed by atoms with van der Waals surface area (Å²) >= 11 is 0. The molecule has 11 heteroatoms.